The first kappa shape index (κ1) is 18.7. The lowest BCUT2D eigenvalue weighted by Crippen LogP contribution is -2.30. The van der Waals surface area contributed by atoms with Crippen molar-refractivity contribution in [2.75, 3.05) is 5.32 Å². The van der Waals surface area contributed by atoms with Crippen molar-refractivity contribution in [1.82, 2.24) is 0 Å². The number of amides is 1. The Bertz CT molecular complexity index is 1060. The fourth-order valence-corrected chi connectivity index (χ4v) is 3.24. The van der Waals surface area contributed by atoms with Gasteiger partial charge in [-0.05, 0) is 63.4 Å². The van der Waals surface area contributed by atoms with Crippen molar-refractivity contribution in [1.29, 1.82) is 0 Å². The second-order valence-corrected chi connectivity index (χ2v) is 6.93. The van der Waals surface area contributed by atoms with Crippen LogP contribution in [0.3, 0.4) is 0 Å². The van der Waals surface area contributed by atoms with Crippen molar-refractivity contribution in [3.63, 3.8) is 0 Å². The van der Waals surface area contributed by atoms with E-state index in [1.165, 1.54) is 6.07 Å². The summed E-state index contributed by atoms with van der Waals surface area (Å²) in [6.07, 6.45) is -0.709. The summed E-state index contributed by atoms with van der Waals surface area (Å²) >= 11 is 0. The maximum atomic E-state index is 12.6. The summed E-state index contributed by atoms with van der Waals surface area (Å²) in [5, 5.41) is 3.78. The molecule has 1 heterocycles. The molecule has 27 heavy (non-hydrogen) atoms. The molecule has 0 aliphatic carbocycles. The van der Waals surface area contributed by atoms with Gasteiger partial charge in [-0.25, -0.2) is 4.79 Å². The summed E-state index contributed by atoms with van der Waals surface area (Å²) in [5.74, 6) is 0.229. The minimum Gasteiger partial charge on any atom is -0.481 e. The number of anilines is 1. The van der Waals surface area contributed by atoms with Gasteiger partial charge >= 0.3 is 5.63 Å². The highest BCUT2D eigenvalue weighted by Gasteiger charge is 2.17. The summed E-state index contributed by atoms with van der Waals surface area (Å²) in [6.45, 7) is 9.49. The third-order valence-corrected chi connectivity index (χ3v) is 4.53. The maximum absolute atomic E-state index is 12.6. The second-order valence-electron chi connectivity index (χ2n) is 6.93. The molecular weight excluding hydrogens is 342 g/mol. The molecule has 1 atom stereocenters. The molecule has 140 valence electrons. The lowest BCUT2D eigenvalue weighted by molar-refractivity contribution is -0.122. The minimum atomic E-state index is -0.709. The number of ether oxygens (including phenoxy) is 1. The van der Waals surface area contributed by atoms with Gasteiger partial charge in [-0.15, -0.1) is 0 Å². The zero-order chi connectivity index (χ0) is 19.7. The third kappa shape index (κ3) is 4.03. The average molecular weight is 365 g/mol. The van der Waals surface area contributed by atoms with Gasteiger partial charge in [0.2, 0.25) is 0 Å². The summed E-state index contributed by atoms with van der Waals surface area (Å²) in [5.41, 5.74) is 4.85. The van der Waals surface area contributed by atoms with Gasteiger partial charge in [0.15, 0.2) is 6.10 Å². The lowest BCUT2D eigenvalue weighted by Gasteiger charge is -2.18. The van der Waals surface area contributed by atoms with Crippen LogP contribution in [-0.2, 0) is 4.79 Å². The van der Waals surface area contributed by atoms with Crippen molar-refractivity contribution < 1.29 is 13.9 Å². The van der Waals surface area contributed by atoms with Gasteiger partial charge in [-0.3, -0.25) is 4.79 Å². The zero-order valence-corrected chi connectivity index (χ0v) is 16.2. The summed E-state index contributed by atoms with van der Waals surface area (Å²) in [6, 6.07) is 10.7. The Hall–Kier alpha value is -3.08. The van der Waals surface area contributed by atoms with Crippen LogP contribution in [0, 0.1) is 27.7 Å². The van der Waals surface area contributed by atoms with Crippen molar-refractivity contribution in [2.45, 2.75) is 40.7 Å². The van der Waals surface area contributed by atoms with Crippen molar-refractivity contribution in [3.8, 4) is 5.75 Å². The Morgan fingerprint density at radius 3 is 2.33 bits per heavy atom. The fourth-order valence-electron chi connectivity index (χ4n) is 3.24. The Morgan fingerprint density at radius 2 is 1.67 bits per heavy atom. The van der Waals surface area contributed by atoms with Crippen LogP contribution in [0.4, 0.5) is 5.69 Å². The van der Waals surface area contributed by atoms with Crippen LogP contribution in [0.2, 0.25) is 0 Å². The molecule has 5 nitrogen and oxygen atoms in total. The SMILES string of the molecule is Cc1cc(C)c(NC(=O)C(C)Oc2ccc3c(C)cc(=O)oc3c2)c(C)c1. The Balaban J connectivity index is 1.79. The van der Waals surface area contributed by atoms with E-state index in [0.717, 1.165) is 33.3 Å². The Labute approximate surface area is 158 Å². The van der Waals surface area contributed by atoms with Crippen LogP contribution < -0.4 is 15.7 Å². The maximum Gasteiger partial charge on any atom is 0.336 e. The van der Waals surface area contributed by atoms with Gasteiger partial charge < -0.3 is 14.5 Å². The van der Waals surface area contributed by atoms with Gasteiger partial charge in [0.25, 0.3) is 5.91 Å². The molecule has 1 N–H and O–H groups in total. The first-order valence-electron chi connectivity index (χ1n) is 8.84. The second kappa shape index (κ2) is 7.27. The monoisotopic (exact) mass is 365 g/mol. The van der Waals surface area contributed by atoms with E-state index in [1.807, 2.05) is 45.9 Å². The molecule has 2 aromatic carbocycles. The number of fused-ring (bicyclic) bond motifs is 1. The van der Waals surface area contributed by atoms with E-state index in [1.54, 1.807) is 19.1 Å². The molecule has 1 unspecified atom stereocenters. The highest BCUT2D eigenvalue weighted by atomic mass is 16.5. The number of benzene rings is 2. The average Bonchev–Trinajstić information content (AvgIpc) is 2.57. The molecule has 0 aliphatic heterocycles. The molecular formula is C22H23NO4. The van der Waals surface area contributed by atoms with Crippen LogP contribution in [0.25, 0.3) is 11.0 Å². The molecule has 0 spiro atoms. The fraction of sp³-hybridized carbons (Fsp3) is 0.273. The number of hydrogen-bond acceptors (Lipinski definition) is 4. The van der Waals surface area contributed by atoms with E-state index in [9.17, 15) is 9.59 Å². The molecule has 0 aliphatic rings. The predicted molar refractivity (Wildman–Crippen MR) is 107 cm³/mol. The topological polar surface area (TPSA) is 68.5 Å². The minimum absolute atomic E-state index is 0.240. The van der Waals surface area contributed by atoms with E-state index in [-0.39, 0.29) is 5.91 Å². The van der Waals surface area contributed by atoms with E-state index < -0.39 is 11.7 Å². The number of carbonyl (C=O) groups is 1. The molecule has 0 bridgehead atoms. The highest BCUT2D eigenvalue weighted by molar-refractivity contribution is 5.95. The molecule has 3 aromatic rings. The van der Waals surface area contributed by atoms with Crippen LogP contribution in [-0.4, -0.2) is 12.0 Å². The summed E-state index contributed by atoms with van der Waals surface area (Å²) < 4.78 is 11.0. The predicted octanol–water partition coefficient (Wildman–Crippen LogP) is 4.43. The normalized spacial score (nSPS) is 12.0. The third-order valence-electron chi connectivity index (χ3n) is 4.53. The van der Waals surface area contributed by atoms with Crippen molar-refractivity contribution in [3.05, 3.63) is 69.1 Å². The number of hydrogen-bond donors (Lipinski definition) is 1. The molecule has 0 radical (unpaired) electrons. The van der Waals surface area contributed by atoms with E-state index in [2.05, 4.69) is 5.32 Å². The number of rotatable bonds is 4. The van der Waals surface area contributed by atoms with Crippen LogP contribution in [0.1, 0.15) is 29.2 Å². The molecule has 0 saturated heterocycles. The highest BCUT2D eigenvalue weighted by Crippen LogP contribution is 2.24. The summed E-state index contributed by atoms with van der Waals surface area (Å²) in [7, 11) is 0. The van der Waals surface area contributed by atoms with E-state index in [4.69, 9.17) is 9.15 Å². The van der Waals surface area contributed by atoms with Gasteiger partial charge in [0.1, 0.15) is 11.3 Å². The smallest absolute Gasteiger partial charge is 0.336 e. The van der Waals surface area contributed by atoms with Crippen molar-refractivity contribution in [2.24, 2.45) is 0 Å². The number of carbonyl (C=O) groups excluding carboxylic acids is 1. The molecule has 5 heteroatoms. The van der Waals surface area contributed by atoms with E-state index in [0.29, 0.717) is 11.3 Å². The largest absolute Gasteiger partial charge is 0.481 e. The molecule has 0 saturated carbocycles. The standard InChI is InChI=1S/C22H23NO4/c1-12-8-14(3)21(15(4)9-12)23-22(25)16(5)26-17-6-7-18-13(2)10-20(24)27-19(18)11-17/h6-11,16H,1-5H3,(H,23,25). The molecule has 0 fully saturated rings. The van der Waals surface area contributed by atoms with Crippen LogP contribution >= 0.6 is 0 Å². The Kier molecular flexibility index (Phi) is 5.04. The quantitative estimate of drug-likeness (QED) is 0.694. The van der Waals surface area contributed by atoms with Gasteiger partial charge in [-0.1, -0.05) is 17.7 Å². The molecule has 1 amide bonds. The van der Waals surface area contributed by atoms with Gasteiger partial charge in [-0.2, -0.15) is 0 Å². The van der Waals surface area contributed by atoms with Crippen LogP contribution in [0.5, 0.6) is 5.75 Å². The number of aryl methyl sites for hydroxylation is 4. The lowest BCUT2D eigenvalue weighted by atomic mass is 10.0. The first-order chi connectivity index (χ1) is 12.7. The summed E-state index contributed by atoms with van der Waals surface area (Å²) in [4.78, 5) is 24.1. The molecule has 3 rings (SSSR count). The van der Waals surface area contributed by atoms with Crippen LogP contribution in [0.15, 0.2) is 45.6 Å². The van der Waals surface area contributed by atoms with Gasteiger partial charge in [0.05, 0.1) is 0 Å². The Morgan fingerprint density at radius 1 is 1.00 bits per heavy atom. The zero-order valence-electron chi connectivity index (χ0n) is 16.2. The van der Waals surface area contributed by atoms with E-state index >= 15 is 0 Å². The first-order valence-corrected chi connectivity index (χ1v) is 8.84. The van der Waals surface area contributed by atoms with Crippen molar-refractivity contribution >= 4 is 22.6 Å². The molecule has 1 aromatic heterocycles. The number of nitrogens with one attached hydrogen (secondary N) is 1. The van der Waals surface area contributed by atoms with Gasteiger partial charge in [0, 0.05) is 23.2 Å².